The normalized spacial score (nSPS) is 9.56. The molecule has 0 aromatic rings. The topological polar surface area (TPSA) is 52.6 Å². The fraction of sp³-hybridized carbons (Fsp3) is 0.571. The van der Waals surface area contributed by atoms with Gasteiger partial charge in [-0.3, -0.25) is 0 Å². The number of hydrogen-bond donors (Lipinski definition) is 0. The Balaban J connectivity index is 0. The molecule has 0 saturated carbocycles. The van der Waals surface area contributed by atoms with E-state index in [-0.39, 0.29) is 11.9 Å². The molecule has 0 aliphatic heterocycles. The number of hydrogen-bond acceptors (Lipinski definition) is 4. The highest BCUT2D eigenvalue weighted by Gasteiger charge is 2.12. The highest BCUT2D eigenvalue weighted by atomic mass is 16.6. The van der Waals surface area contributed by atoms with Gasteiger partial charge in [0, 0.05) is 12.2 Å². The monoisotopic (exact) mass is 256 g/mol. The summed E-state index contributed by atoms with van der Waals surface area (Å²) >= 11 is 0. The van der Waals surface area contributed by atoms with E-state index >= 15 is 0 Å². The van der Waals surface area contributed by atoms with Crippen molar-refractivity contribution < 1.29 is 19.1 Å². The summed E-state index contributed by atoms with van der Waals surface area (Å²) in [5.74, 6) is -0.703. The first-order valence-corrected chi connectivity index (χ1v) is 5.91. The second-order valence-corrected chi connectivity index (χ2v) is 4.46. The molecular formula is C14H24O4. The molecule has 0 N–H and O–H groups in total. The van der Waals surface area contributed by atoms with Crippen molar-refractivity contribution in [3.8, 4) is 0 Å². The highest BCUT2D eigenvalue weighted by Crippen LogP contribution is 2.06. The van der Waals surface area contributed by atoms with Gasteiger partial charge in [0.05, 0.1) is 6.61 Å². The van der Waals surface area contributed by atoms with Crippen LogP contribution in [0.2, 0.25) is 0 Å². The lowest BCUT2D eigenvalue weighted by Crippen LogP contribution is -2.22. The molecule has 4 heteroatoms. The van der Waals surface area contributed by atoms with E-state index in [2.05, 4.69) is 17.9 Å². The lowest BCUT2D eigenvalue weighted by Gasteiger charge is -2.17. The van der Waals surface area contributed by atoms with Crippen LogP contribution in [0.25, 0.3) is 0 Å². The van der Waals surface area contributed by atoms with Gasteiger partial charge >= 0.3 is 11.9 Å². The minimum absolute atomic E-state index is 0.330. The van der Waals surface area contributed by atoms with Crippen molar-refractivity contribution in [2.45, 2.75) is 46.1 Å². The lowest BCUT2D eigenvalue weighted by atomic mass is 10.2. The van der Waals surface area contributed by atoms with E-state index in [0.717, 1.165) is 18.9 Å². The Morgan fingerprint density at radius 1 is 1.11 bits per heavy atom. The van der Waals surface area contributed by atoms with Crippen LogP contribution in [0.1, 0.15) is 40.5 Å². The Morgan fingerprint density at radius 3 is 1.89 bits per heavy atom. The van der Waals surface area contributed by atoms with Gasteiger partial charge in [-0.05, 0) is 27.2 Å². The molecule has 0 unspecified atom stereocenters. The van der Waals surface area contributed by atoms with Crippen molar-refractivity contribution >= 4 is 11.9 Å². The van der Waals surface area contributed by atoms with Crippen molar-refractivity contribution in [2.75, 3.05) is 6.61 Å². The van der Waals surface area contributed by atoms with Crippen molar-refractivity contribution in [3.05, 3.63) is 25.3 Å². The Hall–Kier alpha value is -1.58. The van der Waals surface area contributed by atoms with E-state index in [9.17, 15) is 9.59 Å². The van der Waals surface area contributed by atoms with Crippen molar-refractivity contribution in [1.29, 1.82) is 0 Å². The van der Waals surface area contributed by atoms with Gasteiger partial charge in [-0.2, -0.15) is 0 Å². The standard InChI is InChI=1S/2C7H12O2/c1-5-6(8)9-7(2,3)4;1-3-5-6-9-7(8)4-2/h5H,1H2,2-4H3;4H,2-3,5-6H2,1H3. The van der Waals surface area contributed by atoms with Crippen molar-refractivity contribution in [2.24, 2.45) is 0 Å². The fourth-order valence-corrected chi connectivity index (χ4v) is 0.719. The average molecular weight is 256 g/mol. The summed E-state index contributed by atoms with van der Waals surface area (Å²) in [6, 6.07) is 0. The second kappa shape index (κ2) is 10.6. The lowest BCUT2D eigenvalue weighted by molar-refractivity contribution is -0.148. The maximum Gasteiger partial charge on any atom is 0.330 e. The molecule has 0 aliphatic rings. The molecule has 0 aliphatic carbocycles. The molecule has 0 aromatic heterocycles. The van der Waals surface area contributed by atoms with Gasteiger partial charge in [-0.15, -0.1) is 0 Å². The molecule has 0 atom stereocenters. The van der Waals surface area contributed by atoms with E-state index < -0.39 is 5.60 Å². The predicted octanol–water partition coefficient (Wildman–Crippen LogP) is 3.03. The Morgan fingerprint density at radius 2 is 1.61 bits per heavy atom. The first kappa shape index (κ1) is 18.8. The Labute approximate surface area is 110 Å². The van der Waals surface area contributed by atoms with Crippen LogP contribution in [0.15, 0.2) is 25.3 Å². The SMILES string of the molecule is C=CC(=O)OC(C)(C)C.C=CC(=O)OCCCC. The molecule has 0 fully saturated rings. The summed E-state index contributed by atoms with van der Waals surface area (Å²) in [5, 5.41) is 0. The molecule has 0 rings (SSSR count). The van der Waals surface area contributed by atoms with Gasteiger partial charge in [0.15, 0.2) is 0 Å². The molecule has 104 valence electrons. The molecule has 0 heterocycles. The summed E-state index contributed by atoms with van der Waals surface area (Å²) in [4.78, 5) is 20.8. The zero-order valence-electron chi connectivity index (χ0n) is 11.8. The largest absolute Gasteiger partial charge is 0.463 e. The molecule has 0 amide bonds. The van der Waals surface area contributed by atoms with E-state index in [1.165, 1.54) is 6.08 Å². The maximum absolute atomic E-state index is 10.5. The quantitative estimate of drug-likeness (QED) is 0.431. The molecule has 0 radical (unpaired) electrons. The van der Waals surface area contributed by atoms with Gasteiger partial charge in [-0.25, -0.2) is 9.59 Å². The summed E-state index contributed by atoms with van der Waals surface area (Å²) < 4.78 is 9.50. The van der Waals surface area contributed by atoms with Crippen LogP contribution in [0.5, 0.6) is 0 Å². The third-order valence-electron chi connectivity index (χ3n) is 1.48. The zero-order valence-corrected chi connectivity index (χ0v) is 11.8. The van der Waals surface area contributed by atoms with Crippen LogP contribution in [0, 0.1) is 0 Å². The molecule has 4 nitrogen and oxygen atoms in total. The fourth-order valence-electron chi connectivity index (χ4n) is 0.719. The van der Waals surface area contributed by atoms with E-state index in [0.29, 0.717) is 6.61 Å². The van der Waals surface area contributed by atoms with E-state index in [1.807, 2.05) is 27.7 Å². The minimum Gasteiger partial charge on any atom is -0.463 e. The van der Waals surface area contributed by atoms with Gasteiger partial charge in [-0.1, -0.05) is 26.5 Å². The summed E-state index contributed by atoms with van der Waals surface area (Å²) in [6.07, 6.45) is 4.31. The third kappa shape index (κ3) is 16.8. The van der Waals surface area contributed by atoms with Crippen LogP contribution in [0.3, 0.4) is 0 Å². The van der Waals surface area contributed by atoms with Gasteiger partial charge in [0.1, 0.15) is 5.60 Å². The molecule has 0 spiro atoms. The summed E-state index contributed by atoms with van der Waals surface area (Å²) in [7, 11) is 0. The summed E-state index contributed by atoms with van der Waals surface area (Å²) in [6.45, 7) is 14.5. The number of carbonyl (C=O) groups excluding carboxylic acids is 2. The number of esters is 2. The van der Waals surface area contributed by atoms with Crippen LogP contribution >= 0.6 is 0 Å². The highest BCUT2D eigenvalue weighted by molar-refractivity contribution is 5.81. The third-order valence-corrected chi connectivity index (χ3v) is 1.48. The average Bonchev–Trinajstić information content (AvgIpc) is 2.27. The second-order valence-electron chi connectivity index (χ2n) is 4.46. The van der Waals surface area contributed by atoms with Gasteiger partial charge < -0.3 is 9.47 Å². The van der Waals surface area contributed by atoms with E-state index in [1.54, 1.807) is 0 Å². The van der Waals surface area contributed by atoms with Crippen LogP contribution in [-0.2, 0) is 19.1 Å². The number of rotatable bonds is 5. The zero-order chi connectivity index (χ0) is 14.6. The maximum atomic E-state index is 10.5. The molecule has 0 aromatic carbocycles. The predicted molar refractivity (Wildman–Crippen MR) is 72.1 cm³/mol. The van der Waals surface area contributed by atoms with E-state index in [4.69, 9.17) is 4.74 Å². The Kier molecular flexibility index (Phi) is 11.0. The minimum atomic E-state index is -0.398. The first-order valence-electron chi connectivity index (χ1n) is 5.91. The van der Waals surface area contributed by atoms with Crippen LogP contribution in [-0.4, -0.2) is 24.1 Å². The van der Waals surface area contributed by atoms with Crippen molar-refractivity contribution in [1.82, 2.24) is 0 Å². The van der Waals surface area contributed by atoms with Crippen LogP contribution < -0.4 is 0 Å². The first-order chi connectivity index (χ1) is 8.26. The summed E-state index contributed by atoms with van der Waals surface area (Å²) in [5.41, 5.74) is -0.398. The molecule has 0 bridgehead atoms. The Bertz CT molecular complexity index is 274. The van der Waals surface area contributed by atoms with Gasteiger partial charge in [0.2, 0.25) is 0 Å². The van der Waals surface area contributed by atoms with Crippen molar-refractivity contribution in [3.63, 3.8) is 0 Å². The molecule has 18 heavy (non-hydrogen) atoms. The number of unbranched alkanes of at least 4 members (excludes halogenated alkanes) is 1. The number of ether oxygens (including phenoxy) is 2. The smallest absolute Gasteiger partial charge is 0.330 e. The molecule has 0 saturated heterocycles. The number of carbonyl (C=O) groups is 2. The van der Waals surface area contributed by atoms with Crippen LogP contribution in [0.4, 0.5) is 0 Å². The molecular weight excluding hydrogens is 232 g/mol. The van der Waals surface area contributed by atoms with Gasteiger partial charge in [0.25, 0.3) is 0 Å².